The van der Waals surface area contributed by atoms with E-state index in [0.717, 1.165) is 11.8 Å². The number of nitriles is 1. The van der Waals surface area contributed by atoms with Gasteiger partial charge in [0.25, 0.3) is 5.91 Å². The Hall–Kier alpha value is -0.930. The van der Waals surface area contributed by atoms with Gasteiger partial charge in [0.2, 0.25) is 0 Å². The molecule has 0 aromatic heterocycles. The predicted molar refractivity (Wildman–Crippen MR) is 74.7 cm³/mol. The molecule has 1 aromatic rings. The van der Waals surface area contributed by atoms with Crippen molar-refractivity contribution < 1.29 is 9.53 Å². The molecular weight excluding hydrogens is 307 g/mol. The number of amides is 1. The van der Waals surface area contributed by atoms with Gasteiger partial charge in [-0.2, -0.15) is 5.26 Å². The van der Waals surface area contributed by atoms with Crippen LogP contribution in [0.5, 0.6) is 0 Å². The largest absolute Gasteiger partial charge is 0.378 e. The van der Waals surface area contributed by atoms with E-state index in [0.29, 0.717) is 46.8 Å². The molecule has 7 heteroatoms. The average molecular weight is 317 g/mol. The standard InChI is InChI=1S/C12H10Cl2N2O2S/c13-9-5-8(6-10(14)11(9)19-7-15)12(17)16-1-3-18-4-2-16/h5-6H,1-4H2. The number of ether oxygens (including phenoxy) is 1. The van der Waals surface area contributed by atoms with Crippen LogP contribution in [-0.4, -0.2) is 37.1 Å². The third-order valence-corrected chi connectivity index (χ3v) is 4.25. The molecule has 0 radical (unpaired) electrons. The molecular formula is C12H10Cl2N2O2S. The van der Waals surface area contributed by atoms with Gasteiger partial charge >= 0.3 is 0 Å². The van der Waals surface area contributed by atoms with Crippen LogP contribution < -0.4 is 0 Å². The smallest absolute Gasteiger partial charge is 0.254 e. The first-order valence-electron chi connectivity index (χ1n) is 5.55. The summed E-state index contributed by atoms with van der Waals surface area (Å²) >= 11 is 13.0. The fourth-order valence-electron chi connectivity index (χ4n) is 1.78. The Morgan fingerprint density at radius 2 is 1.89 bits per heavy atom. The average Bonchev–Trinajstić information content (AvgIpc) is 2.43. The summed E-state index contributed by atoms with van der Waals surface area (Å²) in [6, 6.07) is 3.09. The van der Waals surface area contributed by atoms with E-state index < -0.39 is 0 Å². The summed E-state index contributed by atoms with van der Waals surface area (Å²) in [4.78, 5) is 14.4. The van der Waals surface area contributed by atoms with Crippen molar-refractivity contribution in [3.05, 3.63) is 27.7 Å². The number of halogens is 2. The number of thiocyanates is 1. The van der Waals surface area contributed by atoms with Crippen LogP contribution in [0.3, 0.4) is 0 Å². The maximum Gasteiger partial charge on any atom is 0.254 e. The Morgan fingerprint density at radius 1 is 1.32 bits per heavy atom. The third-order valence-electron chi connectivity index (χ3n) is 2.69. The first-order chi connectivity index (χ1) is 9.13. The van der Waals surface area contributed by atoms with E-state index in [1.54, 1.807) is 17.0 Å². The topological polar surface area (TPSA) is 53.3 Å². The Morgan fingerprint density at radius 3 is 2.42 bits per heavy atom. The number of morpholine rings is 1. The highest BCUT2D eigenvalue weighted by Crippen LogP contribution is 2.35. The van der Waals surface area contributed by atoms with Crippen LogP contribution in [0.15, 0.2) is 17.0 Å². The zero-order valence-corrected chi connectivity index (χ0v) is 12.2. The lowest BCUT2D eigenvalue weighted by Gasteiger charge is -2.27. The van der Waals surface area contributed by atoms with Crippen molar-refractivity contribution >= 4 is 40.9 Å². The molecule has 19 heavy (non-hydrogen) atoms. The van der Waals surface area contributed by atoms with Crippen LogP contribution in [0, 0.1) is 10.7 Å². The van der Waals surface area contributed by atoms with Crippen molar-refractivity contribution in [2.45, 2.75) is 4.90 Å². The van der Waals surface area contributed by atoms with E-state index in [-0.39, 0.29) is 5.91 Å². The van der Waals surface area contributed by atoms with Gasteiger partial charge in [-0.15, -0.1) is 0 Å². The van der Waals surface area contributed by atoms with Crippen LogP contribution >= 0.6 is 35.0 Å². The van der Waals surface area contributed by atoms with Crippen molar-refractivity contribution in [1.29, 1.82) is 5.26 Å². The number of carbonyl (C=O) groups excluding carboxylic acids is 1. The lowest BCUT2D eigenvalue weighted by Crippen LogP contribution is -2.40. The van der Waals surface area contributed by atoms with Crippen LogP contribution in [0.25, 0.3) is 0 Å². The summed E-state index contributed by atoms with van der Waals surface area (Å²) in [5.74, 6) is -0.124. The van der Waals surface area contributed by atoms with Crippen LogP contribution in [-0.2, 0) is 4.74 Å². The van der Waals surface area contributed by atoms with E-state index in [1.807, 2.05) is 5.40 Å². The molecule has 1 saturated heterocycles. The van der Waals surface area contributed by atoms with Gasteiger partial charge in [-0.25, -0.2) is 0 Å². The third kappa shape index (κ3) is 3.34. The van der Waals surface area contributed by atoms with Gasteiger partial charge in [-0.3, -0.25) is 4.79 Å². The first kappa shape index (κ1) is 14.5. The zero-order valence-electron chi connectivity index (χ0n) is 9.86. The highest BCUT2D eigenvalue weighted by atomic mass is 35.5. The molecule has 1 aromatic carbocycles. The monoisotopic (exact) mass is 316 g/mol. The Labute approximate surface area is 125 Å². The lowest BCUT2D eigenvalue weighted by atomic mass is 10.2. The second-order valence-corrected chi connectivity index (χ2v) is 5.48. The minimum absolute atomic E-state index is 0.124. The second kappa shape index (κ2) is 6.49. The molecule has 0 unspecified atom stereocenters. The predicted octanol–water partition coefficient (Wildman–Crippen LogP) is 3.04. The van der Waals surface area contributed by atoms with E-state index in [2.05, 4.69) is 0 Å². The zero-order chi connectivity index (χ0) is 13.8. The second-order valence-electron chi connectivity index (χ2n) is 3.87. The summed E-state index contributed by atoms with van der Waals surface area (Å²) in [6.45, 7) is 2.19. The van der Waals surface area contributed by atoms with Crippen LogP contribution in [0.2, 0.25) is 10.0 Å². The number of rotatable bonds is 2. The maximum absolute atomic E-state index is 12.3. The molecule has 1 amide bonds. The molecule has 0 bridgehead atoms. The highest BCUT2D eigenvalue weighted by Gasteiger charge is 2.20. The SMILES string of the molecule is N#CSc1c(Cl)cc(C(=O)N2CCOCC2)cc1Cl. The van der Waals surface area contributed by atoms with Gasteiger partial charge in [0, 0.05) is 18.7 Å². The van der Waals surface area contributed by atoms with Gasteiger partial charge in [0.1, 0.15) is 5.40 Å². The molecule has 1 fully saturated rings. The molecule has 1 aliphatic heterocycles. The fourth-order valence-corrected chi connectivity index (χ4v) is 2.90. The summed E-state index contributed by atoms with van der Waals surface area (Å²) in [5, 5.41) is 11.2. The Balaban J connectivity index is 2.25. The van der Waals surface area contributed by atoms with E-state index in [1.165, 1.54) is 0 Å². The quantitative estimate of drug-likeness (QED) is 0.621. The highest BCUT2D eigenvalue weighted by molar-refractivity contribution is 8.04. The molecule has 0 aliphatic carbocycles. The lowest BCUT2D eigenvalue weighted by molar-refractivity contribution is 0.0303. The molecule has 0 atom stereocenters. The van der Waals surface area contributed by atoms with Crippen molar-refractivity contribution in [3.63, 3.8) is 0 Å². The molecule has 1 aliphatic rings. The minimum Gasteiger partial charge on any atom is -0.378 e. The summed E-state index contributed by atoms with van der Waals surface area (Å²) in [7, 11) is 0. The normalized spacial score (nSPS) is 15.1. The van der Waals surface area contributed by atoms with E-state index >= 15 is 0 Å². The summed E-state index contributed by atoms with van der Waals surface area (Å²) < 4.78 is 5.20. The summed E-state index contributed by atoms with van der Waals surface area (Å²) in [6.07, 6.45) is 0. The molecule has 1 heterocycles. The van der Waals surface area contributed by atoms with Crippen molar-refractivity contribution in [3.8, 4) is 5.40 Å². The number of hydrogen-bond donors (Lipinski definition) is 0. The molecule has 0 N–H and O–H groups in total. The first-order valence-corrected chi connectivity index (χ1v) is 7.12. The number of carbonyl (C=O) groups is 1. The van der Waals surface area contributed by atoms with E-state index in [4.69, 9.17) is 33.2 Å². The number of thioether (sulfide) groups is 1. The van der Waals surface area contributed by atoms with Crippen LogP contribution in [0.1, 0.15) is 10.4 Å². The summed E-state index contributed by atoms with van der Waals surface area (Å²) in [5.41, 5.74) is 0.430. The van der Waals surface area contributed by atoms with Crippen molar-refractivity contribution in [2.24, 2.45) is 0 Å². The fraction of sp³-hybridized carbons (Fsp3) is 0.333. The van der Waals surface area contributed by atoms with Crippen LogP contribution in [0.4, 0.5) is 0 Å². The molecule has 0 saturated carbocycles. The number of nitrogens with zero attached hydrogens (tertiary/aromatic N) is 2. The molecule has 100 valence electrons. The molecule has 0 spiro atoms. The Bertz CT molecular complexity index is 516. The van der Waals surface area contributed by atoms with E-state index in [9.17, 15) is 4.79 Å². The van der Waals surface area contributed by atoms with Gasteiger partial charge in [0.15, 0.2) is 0 Å². The Kier molecular flexibility index (Phi) is 4.94. The molecule has 4 nitrogen and oxygen atoms in total. The van der Waals surface area contributed by atoms with Crippen molar-refractivity contribution in [2.75, 3.05) is 26.3 Å². The maximum atomic E-state index is 12.3. The number of hydrogen-bond acceptors (Lipinski definition) is 4. The van der Waals surface area contributed by atoms with Gasteiger partial charge in [0.05, 0.1) is 28.2 Å². The molecule has 2 rings (SSSR count). The number of benzene rings is 1. The van der Waals surface area contributed by atoms with Crippen molar-refractivity contribution in [1.82, 2.24) is 4.90 Å². The van der Waals surface area contributed by atoms with Gasteiger partial charge in [-0.1, -0.05) is 23.2 Å². The minimum atomic E-state index is -0.124. The van der Waals surface area contributed by atoms with Gasteiger partial charge in [-0.05, 0) is 23.9 Å². The van der Waals surface area contributed by atoms with Gasteiger partial charge < -0.3 is 9.64 Å².